The Hall–Kier alpha value is -2.13. The standard InChI is InChI=1S/C12H9N3O2S/c13-7-12(2-3-12)15-10(16)9-6-18-11(14-9)8-1-4-17-5-8/h1,4-6H,2-3H2,(H,15,16). The summed E-state index contributed by atoms with van der Waals surface area (Å²) in [6, 6.07) is 3.91. The number of rotatable bonds is 3. The maximum Gasteiger partial charge on any atom is 0.272 e. The molecule has 2 aromatic rings. The van der Waals surface area contributed by atoms with E-state index in [0.29, 0.717) is 18.5 Å². The summed E-state index contributed by atoms with van der Waals surface area (Å²) < 4.78 is 4.97. The lowest BCUT2D eigenvalue weighted by molar-refractivity contribution is 0.0937. The Kier molecular flexibility index (Phi) is 2.42. The number of nitrogens with one attached hydrogen (secondary N) is 1. The molecule has 3 rings (SSSR count). The predicted octanol–water partition coefficient (Wildman–Crippen LogP) is 2.19. The number of hydrogen-bond donors (Lipinski definition) is 1. The van der Waals surface area contributed by atoms with E-state index >= 15 is 0 Å². The highest BCUT2D eigenvalue weighted by molar-refractivity contribution is 7.13. The lowest BCUT2D eigenvalue weighted by atomic mass is 10.3. The molecule has 0 atom stereocenters. The fourth-order valence-electron chi connectivity index (χ4n) is 1.57. The number of carbonyl (C=O) groups is 1. The zero-order chi connectivity index (χ0) is 12.6. The highest BCUT2D eigenvalue weighted by Crippen LogP contribution is 2.34. The van der Waals surface area contributed by atoms with Crippen LogP contribution in [0.4, 0.5) is 0 Å². The van der Waals surface area contributed by atoms with E-state index in [4.69, 9.17) is 9.68 Å². The Morgan fingerprint density at radius 3 is 3.06 bits per heavy atom. The molecule has 2 aromatic heterocycles. The van der Waals surface area contributed by atoms with Crippen molar-refractivity contribution in [1.82, 2.24) is 10.3 Å². The smallest absolute Gasteiger partial charge is 0.272 e. The van der Waals surface area contributed by atoms with Gasteiger partial charge >= 0.3 is 0 Å². The van der Waals surface area contributed by atoms with Gasteiger partial charge in [0.05, 0.1) is 12.3 Å². The van der Waals surface area contributed by atoms with Crippen molar-refractivity contribution in [2.45, 2.75) is 18.4 Å². The summed E-state index contributed by atoms with van der Waals surface area (Å²) in [4.78, 5) is 16.1. The minimum atomic E-state index is -0.656. The Morgan fingerprint density at radius 2 is 2.44 bits per heavy atom. The third kappa shape index (κ3) is 1.89. The highest BCUT2D eigenvalue weighted by atomic mass is 32.1. The molecule has 0 radical (unpaired) electrons. The molecular formula is C12H9N3O2S. The monoisotopic (exact) mass is 259 g/mol. The largest absolute Gasteiger partial charge is 0.472 e. The van der Waals surface area contributed by atoms with Crippen LogP contribution in [0.3, 0.4) is 0 Å². The van der Waals surface area contributed by atoms with Gasteiger partial charge in [-0.25, -0.2) is 4.98 Å². The van der Waals surface area contributed by atoms with Gasteiger partial charge in [0.15, 0.2) is 0 Å². The summed E-state index contributed by atoms with van der Waals surface area (Å²) in [5.74, 6) is -0.292. The van der Waals surface area contributed by atoms with Crippen LogP contribution in [-0.2, 0) is 0 Å². The number of amides is 1. The van der Waals surface area contributed by atoms with Gasteiger partial charge in [-0.05, 0) is 18.9 Å². The zero-order valence-electron chi connectivity index (χ0n) is 9.34. The van der Waals surface area contributed by atoms with Crippen LogP contribution in [0.1, 0.15) is 23.3 Å². The molecule has 0 spiro atoms. The fraction of sp³-hybridized carbons (Fsp3) is 0.250. The zero-order valence-corrected chi connectivity index (χ0v) is 10.2. The van der Waals surface area contributed by atoms with Crippen LogP contribution in [0.25, 0.3) is 10.6 Å². The summed E-state index contributed by atoms with van der Waals surface area (Å²) in [5, 5.41) is 14.0. The molecule has 5 nitrogen and oxygen atoms in total. The van der Waals surface area contributed by atoms with Crippen LogP contribution < -0.4 is 5.32 Å². The van der Waals surface area contributed by atoms with E-state index in [9.17, 15) is 4.79 Å². The summed E-state index contributed by atoms with van der Waals surface area (Å²) in [5.41, 5.74) is 0.537. The van der Waals surface area contributed by atoms with Crippen molar-refractivity contribution < 1.29 is 9.21 Å². The SMILES string of the molecule is N#CC1(NC(=O)c2csc(-c3ccoc3)n2)CC1. The Balaban J connectivity index is 1.78. The van der Waals surface area contributed by atoms with E-state index in [0.717, 1.165) is 10.6 Å². The third-order valence-electron chi connectivity index (χ3n) is 2.82. The van der Waals surface area contributed by atoms with Crippen LogP contribution in [0.15, 0.2) is 28.4 Å². The van der Waals surface area contributed by atoms with Crippen molar-refractivity contribution in [3.05, 3.63) is 29.7 Å². The number of nitriles is 1. The quantitative estimate of drug-likeness (QED) is 0.916. The minimum absolute atomic E-state index is 0.292. The van der Waals surface area contributed by atoms with Crippen LogP contribution in [0.2, 0.25) is 0 Å². The molecule has 0 aliphatic heterocycles. The van der Waals surface area contributed by atoms with Crippen molar-refractivity contribution >= 4 is 17.2 Å². The first-order valence-corrected chi connectivity index (χ1v) is 6.32. The molecule has 0 unspecified atom stereocenters. The van der Waals surface area contributed by atoms with Crippen molar-refractivity contribution in [2.24, 2.45) is 0 Å². The molecule has 0 aromatic carbocycles. The first-order chi connectivity index (χ1) is 8.72. The number of carbonyl (C=O) groups excluding carboxylic acids is 1. The lowest BCUT2D eigenvalue weighted by Crippen LogP contribution is -2.35. The number of thiazole rings is 1. The first-order valence-electron chi connectivity index (χ1n) is 5.44. The average molecular weight is 259 g/mol. The van der Waals surface area contributed by atoms with Gasteiger partial charge < -0.3 is 9.73 Å². The van der Waals surface area contributed by atoms with E-state index in [1.54, 1.807) is 24.0 Å². The molecule has 2 heterocycles. The highest BCUT2D eigenvalue weighted by Gasteiger charge is 2.45. The molecule has 1 saturated carbocycles. The van der Waals surface area contributed by atoms with Gasteiger partial charge in [0.2, 0.25) is 0 Å². The van der Waals surface area contributed by atoms with E-state index in [-0.39, 0.29) is 5.91 Å². The van der Waals surface area contributed by atoms with Gasteiger partial charge in [0.1, 0.15) is 22.5 Å². The Bertz CT molecular complexity index is 620. The van der Waals surface area contributed by atoms with E-state index < -0.39 is 5.54 Å². The van der Waals surface area contributed by atoms with Gasteiger partial charge in [0.25, 0.3) is 5.91 Å². The van der Waals surface area contributed by atoms with Gasteiger partial charge in [-0.3, -0.25) is 4.79 Å². The second kappa shape index (κ2) is 3.96. The summed E-state index contributed by atoms with van der Waals surface area (Å²) in [6.45, 7) is 0. The first kappa shape index (κ1) is 11.0. The number of aromatic nitrogens is 1. The molecule has 90 valence electrons. The number of furan rings is 1. The van der Waals surface area contributed by atoms with Crippen molar-refractivity contribution in [3.8, 4) is 16.6 Å². The van der Waals surface area contributed by atoms with Crippen LogP contribution in [0, 0.1) is 11.3 Å². The van der Waals surface area contributed by atoms with Gasteiger partial charge in [-0.2, -0.15) is 5.26 Å². The molecule has 0 saturated heterocycles. The van der Waals surface area contributed by atoms with Crippen molar-refractivity contribution in [2.75, 3.05) is 0 Å². The van der Waals surface area contributed by atoms with Gasteiger partial charge in [0, 0.05) is 10.9 Å². The maximum absolute atomic E-state index is 11.9. The van der Waals surface area contributed by atoms with E-state index in [1.807, 2.05) is 0 Å². The summed E-state index contributed by atoms with van der Waals surface area (Å²) in [7, 11) is 0. The number of hydrogen-bond acceptors (Lipinski definition) is 5. The average Bonchev–Trinajstić information content (AvgIpc) is 2.87. The minimum Gasteiger partial charge on any atom is -0.472 e. The molecule has 6 heteroatoms. The van der Waals surface area contributed by atoms with Gasteiger partial charge in [-0.15, -0.1) is 11.3 Å². The van der Waals surface area contributed by atoms with Crippen LogP contribution in [0.5, 0.6) is 0 Å². The summed E-state index contributed by atoms with van der Waals surface area (Å²) >= 11 is 1.37. The number of nitrogens with zero attached hydrogens (tertiary/aromatic N) is 2. The molecule has 18 heavy (non-hydrogen) atoms. The van der Waals surface area contributed by atoms with Crippen molar-refractivity contribution in [3.63, 3.8) is 0 Å². The molecule has 0 bridgehead atoms. The predicted molar refractivity (Wildman–Crippen MR) is 64.9 cm³/mol. The van der Waals surface area contributed by atoms with Gasteiger partial charge in [-0.1, -0.05) is 0 Å². The lowest BCUT2D eigenvalue weighted by Gasteiger charge is -2.06. The Morgan fingerprint density at radius 1 is 1.61 bits per heavy atom. The fourth-order valence-corrected chi connectivity index (χ4v) is 2.35. The molecule has 1 fully saturated rings. The van der Waals surface area contributed by atoms with Crippen molar-refractivity contribution in [1.29, 1.82) is 5.26 Å². The van der Waals surface area contributed by atoms with E-state index in [1.165, 1.54) is 11.3 Å². The summed E-state index contributed by atoms with van der Waals surface area (Å²) in [6.07, 6.45) is 4.57. The van der Waals surface area contributed by atoms with Crippen LogP contribution in [-0.4, -0.2) is 16.4 Å². The maximum atomic E-state index is 11.9. The molecule has 1 aliphatic carbocycles. The third-order valence-corrected chi connectivity index (χ3v) is 3.71. The second-order valence-corrected chi connectivity index (χ2v) is 5.06. The molecule has 1 aliphatic rings. The topological polar surface area (TPSA) is 78.9 Å². The molecule has 1 amide bonds. The molecule has 1 N–H and O–H groups in total. The molecular weight excluding hydrogens is 250 g/mol. The van der Waals surface area contributed by atoms with E-state index in [2.05, 4.69) is 16.4 Å². The Labute approximate surface area is 107 Å². The second-order valence-electron chi connectivity index (χ2n) is 4.20. The normalized spacial score (nSPS) is 15.9. The van der Waals surface area contributed by atoms with Crippen LogP contribution >= 0.6 is 11.3 Å².